The Balaban J connectivity index is 1.85. The highest BCUT2D eigenvalue weighted by Gasteiger charge is 2.32. The van der Waals surface area contributed by atoms with Crippen LogP contribution in [-0.4, -0.2) is 34.8 Å². The minimum absolute atomic E-state index is 0.293. The number of hydroxylamine groups is 2. The zero-order chi connectivity index (χ0) is 19.0. The van der Waals surface area contributed by atoms with Gasteiger partial charge in [0, 0.05) is 13.0 Å². The van der Waals surface area contributed by atoms with Crippen molar-refractivity contribution in [2.24, 2.45) is 0 Å². The van der Waals surface area contributed by atoms with E-state index in [2.05, 4.69) is 6.92 Å². The number of unbranched alkanes of at least 4 members (excludes halogenated alkanes) is 12. The molecule has 1 aliphatic rings. The van der Waals surface area contributed by atoms with Crippen LogP contribution in [0.25, 0.3) is 0 Å². The van der Waals surface area contributed by atoms with E-state index in [1.807, 2.05) is 0 Å². The second-order valence-electron chi connectivity index (χ2n) is 7.61. The molecule has 0 unspecified atom stereocenters. The van der Waals surface area contributed by atoms with Crippen LogP contribution < -0.4 is 0 Å². The van der Waals surface area contributed by atoms with Crippen molar-refractivity contribution in [1.29, 1.82) is 0 Å². The quantitative estimate of drug-likeness (QED) is 0.238. The van der Waals surface area contributed by atoms with Crippen LogP contribution >= 0.6 is 0 Å². The van der Waals surface area contributed by atoms with Crippen molar-refractivity contribution in [3.63, 3.8) is 0 Å². The van der Waals surface area contributed by atoms with Crippen LogP contribution in [0, 0.1) is 0 Å². The van der Waals surface area contributed by atoms with E-state index < -0.39 is 18.0 Å². The molecule has 26 heavy (non-hydrogen) atoms. The van der Waals surface area contributed by atoms with Gasteiger partial charge in [-0.05, 0) is 19.3 Å². The van der Waals surface area contributed by atoms with Crippen LogP contribution in [0.3, 0.4) is 0 Å². The molecule has 0 aromatic heterocycles. The van der Waals surface area contributed by atoms with Gasteiger partial charge in [0.1, 0.15) is 6.04 Å². The highest BCUT2D eigenvalue weighted by molar-refractivity contribution is 5.88. The molecule has 1 atom stereocenters. The first-order chi connectivity index (χ1) is 12.6. The van der Waals surface area contributed by atoms with Gasteiger partial charge in [-0.25, -0.2) is 4.79 Å². The molecule has 0 spiro atoms. The summed E-state index contributed by atoms with van der Waals surface area (Å²) < 4.78 is 4.83. The maximum Gasteiger partial charge on any atom is 0.333 e. The number of rotatable bonds is 15. The summed E-state index contributed by atoms with van der Waals surface area (Å²) in [6, 6.07) is -0.661. The summed E-state index contributed by atoms with van der Waals surface area (Å²) in [6.07, 6.45) is 17.9. The molecule has 5 heteroatoms. The number of carbonyl (C=O) groups is 2. The molecule has 152 valence electrons. The molecule has 0 amide bonds. The summed E-state index contributed by atoms with van der Waals surface area (Å²) in [5, 5.41) is 10.5. The smallest absolute Gasteiger partial charge is 0.333 e. The van der Waals surface area contributed by atoms with Gasteiger partial charge in [-0.2, -0.15) is 5.06 Å². The Kier molecular flexibility index (Phi) is 13.5. The number of esters is 2. The normalized spacial score (nSPS) is 17.5. The first-order valence-corrected chi connectivity index (χ1v) is 10.8. The molecule has 1 saturated heterocycles. The number of nitrogens with zero attached hydrogens (tertiary/aromatic N) is 1. The van der Waals surface area contributed by atoms with Crippen molar-refractivity contribution in [2.45, 2.75) is 116 Å². The topological polar surface area (TPSA) is 66.8 Å². The largest absolute Gasteiger partial charge is 0.392 e. The van der Waals surface area contributed by atoms with Crippen molar-refractivity contribution in [3.8, 4) is 0 Å². The van der Waals surface area contributed by atoms with Crippen LogP contribution in [0.2, 0.25) is 0 Å². The molecule has 0 aromatic carbocycles. The van der Waals surface area contributed by atoms with Gasteiger partial charge in [-0.15, -0.1) is 0 Å². The van der Waals surface area contributed by atoms with Crippen LogP contribution in [0.4, 0.5) is 0 Å². The van der Waals surface area contributed by atoms with E-state index in [0.29, 0.717) is 19.4 Å². The van der Waals surface area contributed by atoms with Gasteiger partial charge in [-0.1, -0.05) is 84.0 Å². The standard InChI is InChI=1S/C21H39NO4/c1-2-3-4-5-6-7-8-9-10-11-12-13-14-17-20(23)26-21(24)19-16-15-18-22(19)25/h19,25H,2-18H2,1H3/t19-/m0/s1. The number of hydrogen-bond donors (Lipinski definition) is 1. The third-order valence-electron chi connectivity index (χ3n) is 5.20. The number of carbonyl (C=O) groups excluding carboxylic acids is 2. The fourth-order valence-electron chi connectivity index (χ4n) is 3.51. The Bertz CT molecular complexity index is 386. The van der Waals surface area contributed by atoms with Gasteiger partial charge in [0.25, 0.3) is 0 Å². The van der Waals surface area contributed by atoms with E-state index in [0.717, 1.165) is 30.7 Å². The fraction of sp³-hybridized carbons (Fsp3) is 0.905. The third-order valence-corrected chi connectivity index (χ3v) is 5.20. The van der Waals surface area contributed by atoms with Gasteiger partial charge < -0.3 is 9.94 Å². The van der Waals surface area contributed by atoms with Crippen LogP contribution in [0.1, 0.15) is 110 Å². The molecule has 1 fully saturated rings. The Labute approximate surface area is 159 Å². The molecule has 1 rings (SSSR count). The van der Waals surface area contributed by atoms with Gasteiger partial charge in [0.05, 0.1) is 0 Å². The highest BCUT2D eigenvalue weighted by atomic mass is 16.6. The van der Waals surface area contributed by atoms with Gasteiger partial charge in [0.15, 0.2) is 0 Å². The predicted molar refractivity (Wildman–Crippen MR) is 103 cm³/mol. The van der Waals surface area contributed by atoms with E-state index in [-0.39, 0.29) is 0 Å². The minimum Gasteiger partial charge on any atom is -0.392 e. The SMILES string of the molecule is CCCCCCCCCCCCCCCC(=O)OC(=O)[C@@H]1CCCN1O. The zero-order valence-corrected chi connectivity index (χ0v) is 16.7. The lowest BCUT2D eigenvalue weighted by Gasteiger charge is -2.15. The highest BCUT2D eigenvalue weighted by Crippen LogP contribution is 2.16. The second kappa shape index (κ2) is 15.2. The Morgan fingerprint density at radius 1 is 0.885 bits per heavy atom. The summed E-state index contributed by atoms with van der Waals surface area (Å²) in [5.74, 6) is -1.07. The molecule has 0 saturated carbocycles. The maximum atomic E-state index is 11.8. The van der Waals surface area contributed by atoms with E-state index in [4.69, 9.17) is 4.74 Å². The zero-order valence-electron chi connectivity index (χ0n) is 16.7. The maximum absolute atomic E-state index is 11.8. The number of hydrogen-bond acceptors (Lipinski definition) is 5. The monoisotopic (exact) mass is 369 g/mol. The average molecular weight is 370 g/mol. The second-order valence-corrected chi connectivity index (χ2v) is 7.61. The molecule has 0 bridgehead atoms. The summed E-state index contributed by atoms with van der Waals surface area (Å²) in [6.45, 7) is 2.72. The molecule has 1 N–H and O–H groups in total. The molecular formula is C21H39NO4. The molecule has 1 heterocycles. The molecule has 0 aliphatic carbocycles. The molecule has 0 radical (unpaired) electrons. The van der Waals surface area contributed by atoms with Gasteiger partial charge >= 0.3 is 11.9 Å². The summed E-state index contributed by atoms with van der Waals surface area (Å²) in [5.41, 5.74) is 0. The third kappa shape index (κ3) is 10.9. The Morgan fingerprint density at radius 2 is 1.38 bits per heavy atom. The summed E-state index contributed by atoms with van der Waals surface area (Å²) in [4.78, 5) is 23.4. The lowest BCUT2D eigenvalue weighted by atomic mass is 10.0. The van der Waals surface area contributed by atoms with Crippen LogP contribution in [0.5, 0.6) is 0 Å². The van der Waals surface area contributed by atoms with Crippen molar-refractivity contribution in [3.05, 3.63) is 0 Å². The van der Waals surface area contributed by atoms with Crippen LogP contribution in [0.15, 0.2) is 0 Å². The Morgan fingerprint density at radius 3 is 1.85 bits per heavy atom. The van der Waals surface area contributed by atoms with E-state index in [1.54, 1.807) is 0 Å². The molecule has 0 aromatic rings. The first-order valence-electron chi connectivity index (χ1n) is 10.8. The predicted octanol–water partition coefficient (Wildman–Crippen LogP) is 5.39. The summed E-state index contributed by atoms with van der Waals surface area (Å²) in [7, 11) is 0. The molecular weight excluding hydrogens is 330 g/mol. The van der Waals surface area contributed by atoms with Gasteiger partial charge in [0.2, 0.25) is 0 Å². The van der Waals surface area contributed by atoms with Gasteiger partial charge in [-0.3, -0.25) is 4.79 Å². The van der Waals surface area contributed by atoms with Crippen molar-refractivity contribution in [1.82, 2.24) is 5.06 Å². The van der Waals surface area contributed by atoms with Crippen LogP contribution in [-0.2, 0) is 14.3 Å². The average Bonchev–Trinajstić information content (AvgIpc) is 3.05. The van der Waals surface area contributed by atoms with Crippen molar-refractivity contribution in [2.75, 3.05) is 6.54 Å². The molecule has 5 nitrogen and oxygen atoms in total. The Hall–Kier alpha value is -0.940. The fourth-order valence-corrected chi connectivity index (χ4v) is 3.51. The van der Waals surface area contributed by atoms with E-state index >= 15 is 0 Å². The lowest BCUT2D eigenvalue weighted by molar-refractivity contribution is -0.174. The first kappa shape index (κ1) is 23.1. The summed E-state index contributed by atoms with van der Waals surface area (Å²) >= 11 is 0. The molecule has 1 aliphatic heterocycles. The van der Waals surface area contributed by atoms with Crippen molar-refractivity contribution < 1.29 is 19.5 Å². The minimum atomic E-state index is -0.661. The van der Waals surface area contributed by atoms with Crippen molar-refractivity contribution >= 4 is 11.9 Å². The number of ether oxygens (including phenoxy) is 1. The van der Waals surface area contributed by atoms with E-state index in [9.17, 15) is 14.8 Å². The lowest BCUT2D eigenvalue weighted by Crippen LogP contribution is -2.35. The van der Waals surface area contributed by atoms with E-state index in [1.165, 1.54) is 64.2 Å².